The molecule has 0 aliphatic heterocycles. The molecule has 0 bridgehead atoms. The molecule has 5 heteroatoms. The van der Waals surface area contributed by atoms with E-state index in [0.717, 1.165) is 22.8 Å². The average Bonchev–Trinajstić information content (AvgIpc) is 2.89. The zero-order valence-corrected chi connectivity index (χ0v) is 10.9. The van der Waals surface area contributed by atoms with Crippen LogP contribution >= 0.6 is 15.9 Å². The van der Waals surface area contributed by atoms with E-state index in [1.807, 2.05) is 25.4 Å². The van der Waals surface area contributed by atoms with Gasteiger partial charge in [-0.2, -0.15) is 0 Å². The van der Waals surface area contributed by atoms with Gasteiger partial charge in [0, 0.05) is 18.9 Å². The number of furan rings is 1. The lowest BCUT2D eigenvalue weighted by Crippen LogP contribution is -2.21. The molecule has 0 amide bonds. The molecule has 0 spiro atoms. The summed E-state index contributed by atoms with van der Waals surface area (Å²) in [6, 6.07) is 3.82. The van der Waals surface area contributed by atoms with Crippen LogP contribution in [-0.4, -0.2) is 16.6 Å². The molecule has 2 aromatic rings. The van der Waals surface area contributed by atoms with E-state index in [0.29, 0.717) is 0 Å². The lowest BCUT2D eigenvalue weighted by atomic mass is 10.2. The van der Waals surface area contributed by atoms with E-state index in [1.54, 1.807) is 6.20 Å². The first-order valence-electron chi connectivity index (χ1n) is 5.19. The van der Waals surface area contributed by atoms with Crippen molar-refractivity contribution < 1.29 is 4.42 Å². The summed E-state index contributed by atoms with van der Waals surface area (Å²) in [4.78, 5) is 4.37. The van der Waals surface area contributed by atoms with Gasteiger partial charge < -0.3 is 14.3 Å². The maximum Gasteiger partial charge on any atom is 0.169 e. The third-order valence-electron chi connectivity index (χ3n) is 2.51. The summed E-state index contributed by atoms with van der Waals surface area (Å²) in [5.41, 5.74) is 0. The molecule has 0 aliphatic rings. The summed E-state index contributed by atoms with van der Waals surface area (Å²) in [5.74, 6) is 1.82. The lowest BCUT2D eigenvalue weighted by molar-refractivity contribution is 0.430. The molecule has 16 heavy (non-hydrogen) atoms. The Balaban J connectivity index is 2.36. The number of imidazole rings is 1. The molecule has 1 unspecified atom stereocenters. The zero-order chi connectivity index (χ0) is 11.5. The number of halogens is 1. The fourth-order valence-electron chi connectivity index (χ4n) is 1.73. The fourth-order valence-corrected chi connectivity index (χ4v) is 2.05. The normalized spacial score (nSPS) is 12.9. The van der Waals surface area contributed by atoms with Crippen molar-refractivity contribution in [2.75, 3.05) is 7.05 Å². The molecule has 0 saturated carbocycles. The van der Waals surface area contributed by atoms with Crippen molar-refractivity contribution in [3.63, 3.8) is 0 Å². The van der Waals surface area contributed by atoms with Crippen LogP contribution in [0.1, 0.15) is 24.6 Å². The topological polar surface area (TPSA) is 43.0 Å². The third-order valence-corrected chi connectivity index (χ3v) is 2.94. The maximum atomic E-state index is 5.56. The van der Waals surface area contributed by atoms with Gasteiger partial charge in [0.05, 0.1) is 0 Å². The first-order valence-corrected chi connectivity index (χ1v) is 5.99. The second-order valence-electron chi connectivity index (χ2n) is 3.44. The molecule has 86 valence electrons. The highest BCUT2D eigenvalue weighted by Gasteiger charge is 2.19. The van der Waals surface area contributed by atoms with Crippen LogP contribution in [0.2, 0.25) is 0 Å². The van der Waals surface area contributed by atoms with Crippen LogP contribution in [0.3, 0.4) is 0 Å². The molecule has 0 aliphatic carbocycles. The van der Waals surface area contributed by atoms with Gasteiger partial charge in [-0.1, -0.05) is 0 Å². The Bertz CT molecular complexity index is 463. The Morgan fingerprint density at radius 1 is 1.56 bits per heavy atom. The Morgan fingerprint density at radius 2 is 2.38 bits per heavy atom. The van der Waals surface area contributed by atoms with E-state index in [9.17, 15) is 0 Å². The van der Waals surface area contributed by atoms with Gasteiger partial charge in [0.1, 0.15) is 17.6 Å². The predicted molar refractivity (Wildman–Crippen MR) is 65.2 cm³/mol. The van der Waals surface area contributed by atoms with Gasteiger partial charge in [-0.3, -0.25) is 0 Å². The number of rotatable bonds is 4. The number of aromatic nitrogens is 2. The molecule has 1 N–H and O–H groups in total. The quantitative estimate of drug-likeness (QED) is 0.938. The van der Waals surface area contributed by atoms with E-state index in [1.165, 1.54) is 0 Å². The summed E-state index contributed by atoms with van der Waals surface area (Å²) >= 11 is 3.31. The zero-order valence-electron chi connectivity index (χ0n) is 9.27. The number of aryl methyl sites for hydroxylation is 1. The highest BCUT2D eigenvalue weighted by molar-refractivity contribution is 9.10. The minimum absolute atomic E-state index is 0.0127. The molecular formula is C11H14BrN3O. The summed E-state index contributed by atoms with van der Waals surface area (Å²) in [6.07, 6.45) is 3.78. The van der Waals surface area contributed by atoms with Crippen molar-refractivity contribution in [2.45, 2.75) is 19.5 Å². The minimum atomic E-state index is -0.0127. The van der Waals surface area contributed by atoms with Crippen LogP contribution in [0.4, 0.5) is 0 Å². The van der Waals surface area contributed by atoms with Crippen molar-refractivity contribution >= 4 is 15.9 Å². The van der Waals surface area contributed by atoms with E-state index in [4.69, 9.17) is 4.42 Å². The number of hydrogen-bond acceptors (Lipinski definition) is 3. The monoisotopic (exact) mass is 283 g/mol. The van der Waals surface area contributed by atoms with Crippen molar-refractivity contribution in [1.82, 2.24) is 14.9 Å². The molecule has 0 radical (unpaired) electrons. The van der Waals surface area contributed by atoms with E-state index < -0.39 is 0 Å². The van der Waals surface area contributed by atoms with Gasteiger partial charge in [0.2, 0.25) is 0 Å². The smallest absolute Gasteiger partial charge is 0.169 e. The second kappa shape index (κ2) is 4.84. The van der Waals surface area contributed by atoms with Crippen LogP contribution in [0.25, 0.3) is 0 Å². The predicted octanol–water partition coefficient (Wildman–Crippen LogP) is 2.57. The first-order chi connectivity index (χ1) is 7.76. The maximum absolute atomic E-state index is 5.56. The summed E-state index contributed by atoms with van der Waals surface area (Å²) < 4.78 is 8.39. The number of nitrogens with zero attached hydrogens (tertiary/aromatic N) is 2. The van der Waals surface area contributed by atoms with Gasteiger partial charge in [0.15, 0.2) is 4.67 Å². The van der Waals surface area contributed by atoms with Gasteiger partial charge in [-0.25, -0.2) is 4.98 Å². The van der Waals surface area contributed by atoms with Crippen LogP contribution in [0.15, 0.2) is 33.6 Å². The van der Waals surface area contributed by atoms with Gasteiger partial charge in [-0.05, 0) is 42.0 Å². The molecule has 0 fully saturated rings. The van der Waals surface area contributed by atoms with E-state index in [-0.39, 0.29) is 6.04 Å². The van der Waals surface area contributed by atoms with Crippen molar-refractivity contribution in [3.8, 4) is 0 Å². The Morgan fingerprint density at radius 3 is 2.94 bits per heavy atom. The Hall–Kier alpha value is -1.07. The van der Waals surface area contributed by atoms with Crippen molar-refractivity contribution in [1.29, 1.82) is 0 Å². The summed E-state index contributed by atoms with van der Waals surface area (Å²) in [5, 5.41) is 3.21. The van der Waals surface area contributed by atoms with Crippen LogP contribution in [0.5, 0.6) is 0 Å². The van der Waals surface area contributed by atoms with Gasteiger partial charge in [0.25, 0.3) is 0 Å². The van der Waals surface area contributed by atoms with Crippen molar-refractivity contribution in [2.24, 2.45) is 0 Å². The number of nitrogens with one attached hydrogen (secondary N) is 1. The second-order valence-corrected chi connectivity index (χ2v) is 4.22. The van der Waals surface area contributed by atoms with Gasteiger partial charge >= 0.3 is 0 Å². The first kappa shape index (κ1) is 11.4. The molecule has 0 saturated heterocycles. The van der Waals surface area contributed by atoms with E-state index >= 15 is 0 Å². The highest BCUT2D eigenvalue weighted by Crippen LogP contribution is 2.24. The SMILES string of the molecule is CCn1ccnc1C(NC)c1ccc(Br)o1. The van der Waals surface area contributed by atoms with Crippen molar-refractivity contribution in [3.05, 3.63) is 40.8 Å². The minimum Gasteiger partial charge on any atom is -0.452 e. The third kappa shape index (κ3) is 2.05. The van der Waals surface area contributed by atoms with Crippen LogP contribution in [-0.2, 0) is 6.54 Å². The standard InChI is InChI=1S/C11H14BrN3O/c1-3-15-7-6-14-11(15)10(13-2)8-4-5-9(12)16-8/h4-7,10,13H,3H2,1-2H3. The number of hydrogen-bond donors (Lipinski definition) is 1. The van der Waals surface area contributed by atoms with Crippen LogP contribution < -0.4 is 5.32 Å². The summed E-state index contributed by atoms with van der Waals surface area (Å²) in [6.45, 7) is 2.99. The molecular weight excluding hydrogens is 270 g/mol. The molecule has 2 heterocycles. The average molecular weight is 284 g/mol. The lowest BCUT2D eigenvalue weighted by Gasteiger charge is -2.14. The molecule has 2 rings (SSSR count). The van der Waals surface area contributed by atoms with E-state index in [2.05, 4.69) is 37.7 Å². The molecule has 4 nitrogen and oxygen atoms in total. The molecule has 1 atom stereocenters. The Kier molecular flexibility index (Phi) is 3.46. The molecule has 2 aromatic heterocycles. The largest absolute Gasteiger partial charge is 0.452 e. The fraction of sp³-hybridized carbons (Fsp3) is 0.364. The Labute approximate surface area is 103 Å². The summed E-state index contributed by atoms with van der Waals surface area (Å²) in [7, 11) is 1.90. The highest BCUT2D eigenvalue weighted by atomic mass is 79.9. The molecule has 0 aromatic carbocycles. The van der Waals surface area contributed by atoms with Gasteiger partial charge in [-0.15, -0.1) is 0 Å². The van der Waals surface area contributed by atoms with Crippen LogP contribution in [0, 0.1) is 0 Å².